The molecular formula is C18H18N2O. The van der Waals surface area contributed by atoms with Crippen LogP contribution in [0.15, 0.2) is 41.2 Å². The van der Waals surface area contributed by atoms with E-state index in [9.17, 15) is 4.79 Å². The number of benzene rings is 2. The molecule has 3 nitrogen and oxygen atoms in total. The van der Waals surface area contributed by atoms with Gasteiger partial charge in [-0.25, -0.2) is 0 Å². The van der Waals surface area contributed by atoms with Crippen molar-refractivity contribution >= 4 is 10.9 Å². The fourth-order valence-electron chi connectivity index (χ4n) is 2.79. The zero-order chi connectivity index (χ0) is 15.0. The highest BCUT2D eigenvalue weighted by atomic mass is 16.1. The van der Waals surface area contributed by atoms with Crippen LogP contribution in [0.25, 0.3) is 22.0 Å². The standard InChI is InChI=1S/C18H18N2O/c1-4-15-18(21)17-14(6-5-7-16(17)20-19-15)13-9-8-11(2)10-12(13)3/h5-10H,4H2,1-3H3,(H,20,21). The number of aryl methyl sites for hydroxylation is 3. The summed E-state index contributed by atoms with van der Waals surface area (Å²) in [7, 11) is 0. The molecule has 0 aliphatic carbocycles. The monoisotopic (exact) mass is 278 g/mol. The molecule has 1 aromatic heterocycles. The quantitative estimate of drug-likeness (QED) is 0.775. The van der Waals surface area contributed by atoms with Gasteiger partial charge in [0.1, 0.15) is 5.69 Å². The maximum absolute atomic E-state index is 12.6. The number of rotatable bonds is 2. The minimum Gasteiger partial charge on any atom is -0.287 e. The molecule has 2 aromatic carbocycles. The predicted octanol–water partition coefficient (Wildman–Crippen LogP) is 3.77. The Labute approximate surface area is 123 Å². The van der Waals surface area contributed by atoms with Crippen molar-refractivity contribution in [1.82, 2.24) is 10.2 Å². The summed E-state index contributed by atoms with van der Waals surface area (Å²) in [6.07, 6.45) is 0.631. The first-order chi connectivity index (χ1) is 10.1. The number of fused-ring (bicyclic) bond motifs is 1. The van der Waals surface area contributed by atoms with Gasteiger partial charge in [-0.2, -0.15) is 5.10 Å². The van der Waals surface area contributed by atoms with Crippen LogP contribution in [0.1, 0.15) is 23.7 Å². The van der Waals surface area contributed by atoms with Crippen LogP contribution in [0.4, 0.5) is 0 Å². The number of nitrogens with one attached hydrogen (secondary N) is 1. The van der Waals surface area contributed by atoms with Gasteiger partial charge in [0.25, 0.3) is 0 Å². The average Bonchev–Trinajstić information content (AvgIpc) is 2.47. The minimum atomic E-state index is 0.0295. The van der Waals surface area contributed by atoms with Crippen LogP contribution in [0, 0.1) is 13.8 Å². The lowest BCUT2D eigenvalue weighted by molar-refractivity contribution is 0.930. The van der Waals surface area contributed by atoms with Gasteiger partial charge in [-0.15, -0.1) is 0 Å². The Morgan fingerprint density at radius 1 is 1.10 bits per heavy atom. The molecule has 3 rings (SSSR count). The summed E-state index contributed by atoms with van der Waals surface area (Å²) in [5, 5.41) is 7.89. The van der Waals surface area contributed by atoms with Crippen molar-refractivity contribution in [2.75, 3.05) is 0 Å². The highest BCUT2D eigenvalue weighted by Crippen LogP contribution is 2.28. The van der Waals surface area contributed by atoms with Crippen LogP contribution in [0.3, 0.4) is 0 Å². The maximum atomic E-state index is 12.6. The summed E-state index contributed by atoms with van der Waals surface area (Å²) < 4.78 is 0. The predicted molar refractivity (Wildman–Crippen MR) is 86.7 cm³/mol. The van der Waals surface area contributed by atoms with Crippen LogP contribution in [-0.2, 0) is 6.42 Å². The van der Waals surface area contributed by atoms with E-state index in [1.54, 1.807) is 0 Å². The summed E-state index contributed by atoms with van der Waals surface area (Å²) in [5.41, 5.74) is 5.88. The van der Waals surface area contributed by atoms with Gasteiger partial charge in [0.15, 0.2) is 0 Å². The van der Waals surface area contributed by atoms with E-state index in [0.717, 1.165) is 22.0 Å². The smallest absolute Gasteiger partial charge is 0.211 e. The molecule has 0 unspecified atom stereocenters. The van der Waals surface area contributed by atoms with Crippen molar-refractivity contribution in [3.8, 4) is 11.1 Å². The molecule has 0 bridgehead atoms. The van der Waals surface area contributed by atoms with Crippen LogP contribution in [0.5, 0.6) is 0 Å². The summed E-state index contributed by atoms with van der Waals surface area (Å²) in [6.45, 7) is 6.10. The van der Waals surface area contributed by atoms with Crippen molar-refractivity contribution in [2.24, 2.45) is 0 Å². The average molecular weight is 278 g/mol. The Hall–Kier alpha value is -2.42. The number of hydrogen-bond acceptors (Lipinski definition) is 2. The number of hydrogen-bond donors (Lipinski definition) is 1. The van der Waals surface area contributed by atoms with E-state index in [0.29, 0.717) is 12.1 Å². The topological polar surface area (TPSA) is 45.8 Å². The Balaban J connectivity index is 2.40. The van der Waals surface area contributed by atoms with Gasteiger partial charge in [0.05, 0.1) is 10.9 Å². The third kappa shape index (κ3) is 2.25. The largest absolute Gasteiger partial charge is 0.287 e. The van der Waals surface area contributed by atoms with Crippen molar-refractivity contribution in [2.45, 2.75) is 27.2 Å². The molecule has 0 amide bonds. The first kappa shape index (κ1) is 13.6. The normalized spacial score (nSPS) is 11.0. The molecule has 0 saturated heterocycles. The molecule has 0 atom stereocenters. The van der Waals surface area contributed by atoms with Crippen LogP contribution >= 0.6 is 0 Å². The number of nitrogens with zero attached hydrogens (tertiary/aromatic N) is 1. The Kier molecular flexibility index (Phi) is 3.34. The lowest BCUT2D eigenvalue weighted by atomic mass is 9.95. The molecule has 0 saturated carbocycles. The van der Waals surface area contributed by atoms with Crippen molar-refractivity contribution < 1.29 is 0 Å². The molecule has 0 aliphatic rings. The SMILES string of the molecule is CCc1n[nH]c2cccc(-c3ccc(C)cc3C)c2c1=O. The van der Waals surface area contributed by atoms with Crippen LogP contribution in [0.2, 0.25) is 0 Å². The maximum Gasteiger partial charge on any atom is 0.211 e. The minimum absolute atomic E-state index is 0.0295. The number of H-pyrrole nitrogens is 1. The molecule has 0 aliphatic heterocycles. The van der Waals surface area contributed by atoms with Gasteiger partial charge in [0.2, 0.25) is 5.43 Å². The first-order valence-corrected chi connectivity index (χ1v) is 7.19. The summed E-state index contributed by atoms with van der Waals surface area (Å²) in [6, 6.07) is 12.2. The first-order valence-electron chi connectivity index (χ1n) is 7.19. The van der Waals surface area contributed by atoms with E-state index in [1.807, 2.05) is 25.1 Å². The van der Waals surface area contributed by atoms with Crippen molar-refractivity contribution in [3.05, 3.63) is 63.4 Å². The highest BCUT2D eigenvalue weighted by molar-refractivity contribution is 5.95. The summed E-state index contributed by atoms with van der Waals surface area (Å²) in [5.74, 6) is 0. The second-order valence-corrected chi connectivity index (χ2v) is 5.40. The van der Waals surface area contributed by atoms with Gasteiger partial charge in [-0.3, -0.25) is 9.89 Å². The van der Waals surface area contributed by atoms with Gasteiger partial charge in [-0.05, 0) is 43.0 Å². The molecular weight excluding hydrogens is 260 g/mol. The Bertz CT molecular complexity index is 878. The molecule has 21 heavy (non-hydrogen) atoms. The van der Waals surface area contributed by atoms with Gasteiger partial charge >= 0.3 is 0 Å². The molecule has 1 heterocycles. The lowest BCUT2D eigenvalue weighted by Gasteiger charge is -2.10. The Morgan fingerprint density at radius 2 is 1.90 bits per heavy atom. The molecule has 106 valence electrons. The van der Waals surface area contributed by atoms with E-state index in [-0.39, 0.29) is 5.43 Å². The van der Waals surface area contributed by atoms with E-state index < -0.39 is 0 Å². The molecule has 0 spiro atoms. The summed E-state index contributed by atoms with van der Waals surface area (Å²) >= 11 is 0. The second-order valence-electron chi connectivity index (χ2n) is 5.40. The third-order valence-corrected chi connectivity index (χ3v) is 3.87. The van der Waals surface area contributed by atoms with Crippen LogP contribution in [-0.4, -0.2) is 10.2 Å². The highest BCUT2D eigenvalue weighted by Gasteiger charge is 2.12. The van der Waals surface area contributed by atoms with Gasteiger partial charge < -0.3 is 0 Å². The van der Waals surface area contributed by atoms with Crippen molar-refractivity contribution in [1.29, 1.82) is 0 Å². The molecule has 1 N–H and O–H groups in total. The molecule has 3 aromatic rings. The van der Waals surface area contributed by atoms with E-state index in [4.69, 9.17) is 0 Å². The van der Waals surface area contributed by atoms with Crippen LogP contribution < -0.4 is 5.43 Å². The Morgan fingerprint density at radius 3 is 2.62 bits per heavy atom. The number of aromatic nitrogens is 2. The zero-order valence-electron chi connectivity index (χ0n) is 12.5. The van der Waals surface area contributed by atoms with Gasteiger partial charge in [-0.1, -0.05) is 42.8 Å². The molecule has 0 radical (unpaired) electrons. The molecule has 0 fully saturated rings. The summed E-state index contributed by atoms with van der Waals surface area (Å²) in [4.78, 5) is 12.6. The van der Waals surface area contributed by atoms with Gasteiger partial charge in [0, 0.05) is 0 Å². The van der Waals surface area contributed by atoms with E-state index >= 15 is 0 Å². The van der Waals surface area contributed by atoms with E-state index in [2.05, 4.69) is 42.2 Å². The van der Waals surface area contributed by atoms with Crippen molar-refractivity contribution in [3.63, 3.8) is 0 Å². The third-order valence-electron chi connectivity index (χ3n) is 3.87. The molecule has 3 heteroatoms. The van der Waals surface area contributed by atoms with E-state index in [1.165, 1.54) is 11.1 Å². The lowest BCUT2D eigenvalue weighted by Crippen LogP contribution is -2.13. The number of aromatic amines is 1. The zero-order valence-corrected chi connectivity index (χ0v) is 12.5. The fourth-order valence-corrected chi connectivity index (χ4v) is 2.79. The fraction of sp³-hybridized carbons (Fsp3) is 0.222. The second kappa shape index (κ2) is 5.17.